The van der Waals surface area contributed by atoms with E-state index < -0.39 is 17.9 Å². The maximum Gasteiger partial charge on any atom is 0.269 e. The van der Waals surface area contributed by atoms with Crippen LogP contribution in [-0.4, -0.2) is 55.4 Å². The van der Waals surface area contributed by atoms with Crippen LogP contribution in [0.2, 0.25) is 0 Å². The van der Waals surface area contributed by atoms with Crippen molar-refractivity contribution in [3.8, 4) is 5.69 Å². The number of hydrogen-bond acceptors (Lipinski definition) is 7. The molecule has 29 heavy (non-hydrogen) atoms. The summed E-state index contributed by atoms with van der Waals surface area (Å²) in [4.78, 5) is 39.6. The van der Waals surface area contributed by atoms with Crippen molar-refractivity contribution in [3.63, 3.8) is 0 Å². The van der Waals surface area contributed by atoms with Gasteiger partial charge in [0.05, 0.1) is 10.6 Å². The summed E-state index contributed by atoms with van der Waals surface area (Å²) in [5, 5.41) is 12.7. The molecule has 3 heterocycles. The number of thiophene rings is 1. The molecule has 0 aliphatic carbocycles. The zero-order valence-corrected chi connectivity index (χ0v) is 16.0. The van der Waals surface area contributed by atoms with Gasteiger partial charge in [0, 0.05) is 12.1 Å². The summed E-state index contributed by atoms with van der Waals surface area (Å²) in [5.41, 5.74) is 5.89. The molecule has 1 aromatic carbocycles. The summed E-state index contributed by atoms with van der Waals surface area (Å²) in [7, 11) is 0. The molecule has 4 rings (SSSR count). The van der Waals surface area contributed by atoms with E-state index in [9.17, 15) is 14.4 Å². The standard InChI is InChI=1S/C18H17N7O3S/c26-16(12-5-7-13(8-6-12)25-11-19-22-23-25)20-21-17(27)14-3-1-9-24(14)18(28)15-4-2-10-29-15/h2,4-8,10-11,14H,1,3,9H2,(H,20,26)(H,21,27)/t14-/m0/s1. The number of tetrazole rings is 1. The second-order valence-corrected chi connectivity index (χ2v) is 7.33. The van der Waals surface area contributed by atoms with E-state index in [1.807, 2.05) is 5.38 Å². The summed E-state index contributed by atoms with van der Waals surface area (Å²) in [5.74, 6) is -1.04. The van der Waals surface area contributed by atoms with E-state index in [1.165, 1.54) is 22.3 Å². The Bertz CT molecular complexity index is 1000. The van der Waals surface area contributed by atoms with E-state index in [0.717, 1.165) is 6.42 Å². The van der Waals surface area contributed by atoms with Gasteiger partial charge in [0.15, 0.2) is 0 Å². The number of hydrogen-bond donors (Lipinski definition) is 2. The second-order valence-electron chi connectivity index (χ2n) is 6.38. The fourth-order valence-electron chi connectivity index (χ4n) is 3.14. The van der Waals surface area contributed by atoms with Crippen molar-refractivity contribution in [2.45, 2.75) is 18.9 Å². The molecule has 0 spiro atoms. The molecule has 2 aromatic heterocycles. The number of likely N-dealkylation sites (tertiary alicyclic amines) is 1. The van der Waals surface area contributed by atoms with Crippen LogP contribution in [0.4, 0.5) is 0 Å². The first-order chi connectivity index (χ1) is 14.1. The lowest BCUT2D eigenvalue weighted by molar-refractivity contribution is -0.125. The molecule has 10 nitrogen and oxygen atoms in total. The lowest BCUT2D eigenvalue weighted by Gasteiger charge is -2.23. The molecular weight excluding hydrogens is 394 g/mol. The van der Waals surface area contributed by atoms with Crippen molar-refractivity contribution in [2.24, 2.45) is 0 Å². The van der Waals surface area contributed by atoms with Gasteiger partial charge in [-0.2, -0.15) is 0 Å². The first kappa shape index (κ1) is 18.7. The van der Waals surface area contributed by atoms with E-state index in [2.05, 4.69) is 26.4 Å². The molecule has 0 unspecified atom stereocenters. The summed E-state index contributed by atoms with van der Waals surface area (Å²) < 4.78 is 1.46. The minimum Gasteiger partial charge on any atom is -0.326 e. The van der Waals surface area contributed by atoms with Crippen LogP contribution in [0, 0.1) is 0 Å². The molecule has 1 aliphatic heterocycles. The van der Waals surface area contributed by atoms with Crippen LogP contribution in [0.3, 0.4) is 0 Å². The van der Waals surface area contributed by atoms with Crippen molar-refractivity contribution in [2.75, 3.05) is 6.54 Å². The van der Waals surface area contributed by atoms with Crippen LogP contribution in [0.15, 0.2) is 48.1 Å². The Morgan fingerprint density at radius 1 is 1.10 bits per heavy atom. The van der Waals surface area contributed by atoms with Crippen LogP contribution in [0.5, 0.6) is 0 Å². The average Bonchev–Trinajstić information content (AvgIpc) is 3.52. The third-order valence-corrected chi connectivity index (χ3v) is 5.45. The van der Waals surface area contributed by atoms with Gasteiger partial charge in [0.2, 0.25) is 0 Å². The zero-order valence-electron chi connectivity index (χ0n) is 15.2. The predicted octanol–water partition coefficient (Wildman–Crippen LogP) is 0.790. The smallest absolute Gasteiger partial charge is 0.269 e. The molecule has 0 radical (unpaired) electrons. The summed E-state index contributed by atoms with van der Waals surface area (Å²) >= 11 is 1.34. The quantitative estimate of drug-likeness (QED) is 0.612. The van der Waals surface area contributed by atoms with E-state index in [4.69, 9.17) is 0 Å². The van der Waals surface area contributed by atoms with Gasteiger partial charge in [-0.05, 0) is 59.0 Å². The third kappa shape index (κ3) is 3.99. The van der Waals surface area contributed by atoms with Gasteiger partial charge in [0.25, 0.3) is 17.7 Å². The SMILES string of the molecule is O=C(NNC(=O)[C@@H]1CCCN1C(=O)c1cccs1)c1ccc(-n2cnnn2)cc1. The molecule has 11 heteroatoms. The molecule has 1 fully saturated rings. The second kappa shape index (κ2) is 8.19. The Labute approximate surface area is 169 Å². The average molecular weight is 411 g/mol. The van der Waals surface area contributed by atoms with Gasteiger partial charge in [0.1, 0.15) is 12.4 Å². The van der Waals surface area contributed by atoms with E-state index in [-0.39, 0.29) is 5.91 Å². The van der Waals surface area contributed by atoms with Crippen LogP contribution < -0.4 is 10.9 Å². The van der Waals surface area contributed by atoms with Gasteiger partial charge in [-0.1, -0.05) is 6.07 Å². The topological polar surface area (TPSA) is 122 Å². The highest BCUT2D eigenvalue weighted by Gasteiger charge is 2.35. The Hall–Kier alpha value is -3.60. The highest BCUT2D eigenvalue weighted by atomic mass is 32.1. The third-order valence-electron chi connectivity index (χ3n) is 4.59. The number of aromatic nitrogens is 4. The Morgan fingerprint density at radius 3 is 2.62 bits per heavy atom. The molecule has 0 saturated carbocycles. The molecule has 0 bridgehead atoms. The minimum absolute atomic E-state index is 0.165. The number of nitrogens with one attached hydrogen (secondary N) is 2. The summed E-state index contributed by atoms with van der Waals surface area (Å²) in [6.45, 7) is 0.515. The van der Waals surface area contributed by atoms with E-state index in [0.29, 0.717) is 29.1 Å². The first-order valence-electron chi connectivity index (χ1n) is 8.91. The van der Waals surface area contributed by atoms with Crippen LogP contribution in [0.1, 0.15) is 32.9 Å². The first-order valence-corrected chi connectivity index (χ1v) is 9.79. The van der Waals surface area contributed by atoms with Gasteiger partial charge in [-0.25, -0.2) is 4.68 Å². The van der Waals surface area contributed by atoms with Gasteiger partial charge >= 0.3 is 0 Å². The fourth-order valence-corrected chi connectivity index (χ4v) is 3.82. The largest absolute Gasteiger partial charge is 0.326 e. The molecule has 2 N–H and O–H groups in total. The number of nitrogens with zero attached hydrogens (tertiary/aromatic N) is 5. The van der Waals surface area contributed by atoms with Crippen molar-refractivity contribution < 1.29 is 14.4 Å². The normalized spacial score (nSPS) is 15.9. The van der Waals surface area contributed by atoms with Crippen molar-refractivity contribution in [1.82, 2.24) is 36.0 Å². The van der Waals surface area contributed by atoms with Gasteiger partial charge in [-0.15, -0.1) is 16.4 Å². The Balaban J connectivity index is 1.35. The van der Waals surface area contributed by atoms with Crippen LogP contribution >= 0.6 is 11.3 Å². The molecule has 3 amide bonds. The number of rotatable bonds is 4. The molecular formula is C18H17N7O3S. The summed E-state index contributed by atoms with van der Waals surface area (Å²) in [6, 6.07) is 9.50. The van der Waals surface area contributed by atoms with Crippen LogP contribution in [-0.2, 0) is 4.79 Å². The Morgan fingerprint density at radius 2 is 1.93 bits per heavy atom. The van der Waals surface area contributed by atoms with Crippen molar-refractivity contribution in [3.05, 3.63) is 58.5 Å². The number of amides is 3. The monoisotopic (exact) mass is 411 g/mol. The fraction of sp³-hybridized carbons (Fsp3) is 0.222. The molecule has 1 saturated heterocycles. The van der Waals surface area contributed by atoms with E-state index in [1.54, 1.807) is 41.3 Å². The highest BCUT2D eigenvalue weighted by molar-refractivity contribution is 7.12. The molecule has 1 atom stereocenters. The lowest BCUT2D eigenvalue weighted by Crippen LogP contribution is -2.51. The number of benzene rings is 1. The summed E-state index contributed by atoms with van der Waals surface area (Å²) in [6.07, 6.45) is 2.74. The highest BCUT2D eigenvalue weighted by Crippen LogP contribution is 2.22. The molecule has 3 aromatic rings. The number of hydrazine groups is 1. The predicted molar refractivity (Wildman–Crippen MR) is 103 cm³/mol. The molecule has 148 valence electrons. The molecule has 1 aliphatic rings. The van der Waals surface area contributed by atoms with Gasteiger partial charge < -0.3 is 4.90 Å². The lowest BCUT2D eigenvalue weighted by atomic mass is 10.2. The maximum atomic E-state index is 12.6. The van der Waals surface area contributed by atoms with E-state index >= 15 is 0 Å². The number of carbonyl (C=O) groups is 3. The van der Waals surface area contributed by atoms with Crippen molar-refractivity contribution >= 4 is 29.1 Å². The minimum atomic E-state index is -0.605. The number of carbonyl (C=O) groups excluding carboxylic acids is 3. The Kier molecular flexibility index (Phi) is 5.29. The van der Waals surface area contributed by atoms with Crippen molar-refractivity contribution in [1.29, 1.82) is 0 Å². The van der Waals surface area contributed by atoms with Gasteiger partial charge in [-0.3, -0.25) is 25.2 Å². The zero-order chi connectivity index (χ0) is 20.2. The maximum absolute atomic E-state index is 12.6. The van der Waals surface area contributed by atoms with Crippen LogP contribution in [0.25, 0.3) is 5.69 Å².